The van der Waals surface area contributed by atoms with Crippen molar-refractivity contribution < 1.29 is 14.4 Å². The van der Waals surface area contributed by atoms with Crippen molar-refractivity contribution >= 4 is 17.7 Å². The summed E-state index contributed by atoms with van der Waals surface area (Å²) in [6, 6.07) is 13.0. The van der Waals surface area contributed by atoms with E-state index in [1.165, 1.54) is 9.80 Å². The zero-order valence-electron chi connectivity index (χ0n) is 20.2. The van der Waals surface area contributed by atoms with Gasteiger partial charge in [0.2, 0.25) is 0 Å². The number of benzene rings is 2. The monoisotopic (exact) mass is 462 g/mol. The number of aryl methyl sites for hydroxylation is 3. The summed E-state index contributed by atoms with van der Waals surface area (Å²) in [5.41, 5.74) is 10.1. The minimum absolute atomic E-state index is 0.00222. The number of nitrogens with zero attached hydrogens (tertiary/aromatic N) is 2. The molecule has 180 valence electrons. The number of nitrogens with two attached hydrogens (primary N) is 1. The van der Waals surface area contributed by atoms with E-state index in [1.807, 2.05) is 51.1 Å². The van der Waals surface area contributed by atoms with E-state index in [4.69, 9.17) is 5.73 Å². The lowest BCUT2D eigenvalue weighted by atomic mass is 9.92. The summed E-state index contributed by atoms with van der Waals surface area (Å²) < 4.78 is 0. The van der Waals surface area contributed by atoms with Gasteiger partial charge in [-0.2, -0.15) is 0 Å². The summed E-state index contributed by atoms with van der Waals surface area (Å²) >= 11 is 0. The topological polar surface area (TPSA) is 95.7 Å². The number of nitrogens with one attached hydrogen (secondary N) is 1. The highest BCUT2D eigenvalue weighted by Crippen LogP contribution is 2.24. The van der Waals surface area contributed by atoms with Crippen molar-refractivity contribution in [1.82, 2.24) is 15.1 Å². The van der Waals surface area contributed by atoms with Crippen LogP contribution in [0.2, 0.25) is 0 Å². The molecule has 2 fully saturated rings. The van der Waals surface area contributed by atoms with Gasteiger partial charge in [-0.15, -0.1) is 0 Å². The molecule has 2 aliphatic rings. The van der Waals surface area contributed by atoms with Crippen LogP contribution in [0, 0.1) is 20.8 Å². The Labute approximate surface area is 201 Å². The lowest BCUT2D eigenvalue weighted by Crippen LogP contribution is -2.56. The lowest BCUT2D eigenvalue weighted by molar-refractivity contribution is -0.129. The highest BCUT2D eigenvalue weighted by atomic mass is 16.2. The van der Waals surface area contributed by atoms with E-state index >= 15 is 0 Å². The molecule has 1 aliphatic carbocycles. The molecule has 7 nitrogen and oxygen atoms in total. The minimum atomic E-state index is -0.988. The molecule has 2 aromatic carbocycles. The van der Waals surface area contributed by atoms with Crippen LogP contribution < -0.4 is 11.1 Å². The molecule has 4 rings (SSSR count). The Kier molecular flexibility index (Phi) is 7.03. The molecule has 1 atom stereocenters. The van der Waals surface area contributed by atoms with Crippen LogP contribution in [0.4, 0.5) is 0 Å². The average Bonchev–Trinajstić information content (AvgIpc) is 3.26. The first-order valence-corrected chi connectivity index (χ1v) is 12.1. The van der Waals surface area contributed by atoms with E-state index < -0.39 is 6.17 Å². The molecule has 1 saturated heterocycles. The van der Waals surface area contributed by atoms with E-state index in [1.54, 1.807) is 12.1 Å². The highest BCUT2D eigenvalue weighted by molar-refractivity contribution is 6.02. The van der Waals surface area contributed by atoms with Crippen LogP contribution in [0.5, 0.6) is 0 Å². The zero-order chi connectivity index (χ0) is 24.4. The number of hydrogen-bond acceptors (Lipinski definition) is 4. The first-order valence-electron chi connectivity index (χ1n) is 12.1. The average molecular weight is 463 g/mol. The van der Waals surface area contributed by atoms with Gasteiger partial charge in [-0.05, 0) is 81.8 Å². The van der Waals surface area contributed by atoms with Gasteiger partial charge in [0.25, 0.3) is 17.7 Å². The van der Waals surface area contributed by atoms with Crippen LogP contribution in [-0.4, -0.2) is 58.9 Å². The number of amides is 3. The lowest BCUT2D eigenvalue weighted by Gasteiger charge is -2.33. The van der Waals surface area contributed by atoms with Gasteiger partial charge in [-0.1, -0.05) is 23.8 Å². The molecule has 1 unspecified atom stereocenters. The molecule has 1 aliphatic heterocycles. The quantitative estimate of drug-likeness (QED) is 0.730. The van der Waals surface area contributed by atoms with E-state index in [2.05, 4.69) is 5.32 Å². The van der Waals surface area contributed by atoms with Gasteiger partial charge in [0.1, 0.15) is 0 Å². The third-order valence-electron chi connectivity index (χ3n) is 7.07. The summed E-state index contributed by atoms with van der Waals surface area (Å²) in [4.78, 5) is 43.6. The minimum Gasteiger partial charge on any atom is -0.350 e. The van der Waals surface area contributed by atoms with Crippen LogP contribution in [0.15, 0.2) is 42.5 Å². The maximum absolute atomic E-state index is 13.5. The second-order valence-corrected chi connectivity index (χ2v) is 9.66. The summed E-state index contributed by atoms with van der Waals surface area (Å²) in [6.45, 7) is 6.48. The molecule has 34 heavy (non-hydrogen) atoms. The summed E-state index contributed by atoms with van der Waals surface area (Å²) in [5, 5.41) is 3.10. The first kappa shape index (κ1) is 24.0. The number of carbonyl (C=O) groups excluding carboxylic acids is 3. The molecule has 7 heteroatoms. The third kappa shape index (κ3) is 4.99. The second kappa shape index (κ2) is 9.97. The molecular weight excluding hydrogens is 428 g/mol. The van der Waals surface area contributed by atoms with Crippen molar-refractivity contribution in [2.75, 3.05) is 13.1 Å². The fraction of sp³-hybridized carbons (Fsp3) is 0.444. The first-order chi connectivity index (χ1) is 16.2. The van der Waals surface area contributed by atoms with Gasteiger partial charge in [0.15, 0.2) is 6.17 Å². The molecule has 0 spiro atoms. The Morgan fingerprint density at radius 2 is 1.44 bits per heavy atom. The third-order valence-corrected chi connectivity index (χ3v) is 7.07. The molecular formula is C27H34N4O3. The summed E-state index contributed by atoms with van der Waals surface area (Å²) in [6.07, 6.45) is 2.32. The summed E-state index contributed by atoms with van der Waals surface area (Å²) in [7, 11) is 0. The van der Waals surface area contributed by atoms with Gasteiger partial charge in [-0.3, -0.25) is 14.4 Å². The predicted molar refractivity (Wildman–Crippen MR) is 131 cm³/mol. The fourth-order valence-electron chi connectivity index (χ4n) is 4.86. The molecule has 0 bridgehead atoms. The Hall–Kier alpha value is -3.19. The van der Waals surface area contributed by atoms with E-state index in [9.17, 15) is 14.4 Å². The standard InChI is InChI=1S/C27H34N4O3/c1-17-5-4-6-20(15-17)26(33)30-13-14-31(27(34)21-8-7-18(2)19(3)16-21)25(30)24(32)29-23-11-9-22(28)10-12-23/h4-8,15-16,22-23,25H,9-14,28H2,1-3H3,(H,29,32). The van der Waals surface area contributed by atoms with Crippen molar-refractivity contribution in [2.24, 2.45) is 5.73 Å². The Bertz CT molecular complexity index is 1090. The van der Waals surface area contributed by atoms with Gasteiger partial charge < -0.3 is 20.9 Å². The van der Waals surface area contributed by atoms with Crippen molar-refractivity contribution in [2.45, 2.75) is 64.7 Å². The van der Waals surface area contributed by atoms with Crippen LogP contribution in [0.1, 0.15) is 63.1 Å². The molecule has 1 heterocycles. The highest BCUT2D eigenvalue weighted by Gasteiger charge is 2.43. The SMILES string of the molecule is Cc1cccc(C(=O)N2CCN(C(=O)c3ccc(C)c(C)c3)C2C(=O)NC2CCC(N)CC2)c1. The molecule has 0 aromatic heterocycles. The maximum Gasteiger partial charge on any atom is 0.264 e. The van der Waals surface area contributed by atoms with Gasteiger partial charge in [-0.25, -0.2) is 0 Å². The number of rotatable bonds is 4. The van der Waals surface area contributed by atoms with Crippen molar-refractivity contribution in [1.29, 1.82) is 0 Å². The summed E-state index contributed by atoms with van der Waals surface area (Å²) in [5.74, 6) is -0.797. The molecule has 3 amide bonds. The van der Waals surface area contributed by atoms with E-state index in [0.29, 0.717) is 24.2 Å². The Morgan fingerprint density at radius 3 is 2.03 bits per heavy atom. The number of carbonyl (C=O) groups is 3. The van der Waals surface area contributed by atoms with Gasteiger partial charge >= 0.3 is 0 Å². The molecule has 2 aromatic rings. The van der Waals surface area contributed by atoms with Crippen LogP contribution in [0.25, 0.3) is 0 Å². The number of hydrogen-bond donors (Lipinski definition) is 2. The largest absolute Gasteiger partial charge is 0.350 e. The van der Waals surface area contributed by atoms with Crippen LogP contribution >= 0.6 is 0 Å². The Morgan fingerprint density at radius 1 is 0.824 bits per heavy atom. The van der Waals surface area contributed by atoms with Crippen molar-refractivity contribution in [3.05, 3.63) is 70.3 Å². The smallest absolute Gasteiger partial charge is 0.264 e. The normalized spacial score (nSPS) is 22.5. The maximum atomic E-state index is 13.5. The van der Waals surface area contributed by atoms with E-state index in [-0.39, 0.29) is 29.8 Å². The van der Waals surface area contributed by atoms with Crippen molar-refractivity contribution in [3.63, 3.8) is 0 Å². The second-order valence-electron chi connectivity index (χ2n) is 9.66. The van der Waals surface area contributed by atoms with Gasteiger partial charge in [0.05, 0.1) is 0 Å². The van der Waals surface area contributed by atoms with Crippen LogP contribution in [0.3, 0.4) is 0 Å². The van der Waals surface area contributed by atoms with E-state index in [0.717, 1.165) is 42.4 Å². The Balaban J connectivity index is 1.62. The van der Waals surface area contributed by atoms with Crippen LogP contribution in [-0.2, 0) is 4.79 Å². The predicted octanol–water partition coefficient (Wildman–Crippen LogP) is 2.92. The zero-order valence-corrected chi connectivity index (χ0v) is 20.2. The molecule has 0 radical (unpaired) electrons. The van der Waals surface area contributed by atoms with Gasteiger partial charge in [0, 0.05) is 36.3 Å². The fourth-order valence-corrected chi connectivity index (χ4v) is 4.86. The molecule has 3 N–H and O–H groups in total. The van der Waals surface area contributed by atoms with Crippen molar-refractivity contribution in [3.8, 4) is 0 Å². The molecule has 1 saturated carbocycles.